The van der Waals surface area contributed by atoms with Crippen LogP contribution in [0.25, 0.3) is 57.1 Å². The third-order valence-corrected chi connectivity index (χ3v) is 8.10. The summed E-state index contributed by atoms with van der Waals surface area (Å²) in [5.74, 6) is 0. The fourth-order valence-corrected chi connectivity index (χ4v) is 6.94. The van der Waals surface area contributed by atoms with Gasteiger partial charge in [0.15, 0.2) is 0 Å². The largest absolute Gasteiger partial charge is 0.301 e. The molecule has 1 nitrogen and oxygen atoms in total. The molecule has 29 heavy (non-hydrogen) atoms. The Morgan fingerprint density at radius 1 is 0.517 bits per heavy atom. The number of benzene rings is 4. The molecule has 3 heterocycles. The molecule has 0 radical (unpaired) electrons. The number of aromatic nitrogens is 1. The van der Waals surface area contributed by atoms with Gasteiger partial charge in [0.2, 0.25) is 0 Å². The molecule has 4 aromatic carbocycles. The Morgan fingerprint density at radius 3 is 2.03 bits per heavy atom. The van der Waals surface area contributed by atoms with Gasteiger partial charge >= 0.3 is 0 Å². The van der Waals surface area contributed by atoms with Gasteiger partial charge in [-0.25, -0.2) is 0 Å². The van der Waals surface area contributed by atoms with E-state index in [0.29, 0.717) is 0 Å². The number of rotatable bonds is 1. The van der Waals surface area contributed by atoms with Crippen molar-refractivity contribution in [2.24, 2.45) is 0 Å². The van der Waals surface area contributed by atoms with Crippen LogP contribution in [0.1, 0.15) is 0 Å². The summed E-state index contributed by atoms with van der Waals surface area (Å²) >= 11 is 3.76. The van der Waals surface area contributed by atoms with Crippen LogP contribution >= 0.6 is 22.7 Å². The summed E-state index contributed by atoms with van der Waals surface area (Å²) in [5, 5.41) is 6.75. The molecule has 0 aliphatic carbocycles. The van der Waals surface area contributed by atoms with Gasteiger partial charge in [-0.15, -0.1) is 22.7 Å². The second kappa shape index (κ2) is 5.69. The maximum absolute atomic E-state index is 2.44. The topological polar surface area (TPSA) is 4.93 Å². The molecule has 0 unspecified atom stereocenters. The van der Waals surface area contributed by atoms with Crippen molar-refractivity contribution in [1.82, 2.24) is 4.57 Å². The number of fused-ring (bicyclic) bond motifs is 8. The molecule has 3 aromatic heterocycles. The summed E-state index contributed by atoms with van der Waals surface area (Å²) in [4.78, 5) is 1.33. The minimum absolute atomic E-state index is 1.24. The van der Waals surface area contributed by atoms with Crippen LogP contribution < -0.4 is 0 Å². The summed E-state index contributed by atoms with van der Waals surface area (Å²) in [6.45, 7) is 0. The van der Waals surface area contributed by atoms with E-state index in [1.54, 1.807) is 0 Å². The van der Waals surface area contributed by atoms with Crippen molar-refractivity contribution >= 4 is 74.1 Å². The number of para-hydroxylation sites is 1. The zero-order valence-corrected chi connectivity index (χ0v) is 17.1. The molecule has 0 bridgehead atoms. The molecule has 0 amide bonds. The lowest BCUT2D eigenvalue weighted by Gasteiger charge is -2.07. The summed E-state index contributed by atoms with van der Waals surface area (Å²) in [6.07, 6.45) is 0. The van der Waals surface area contributed by atoms with Gasteiger partial charge in [-0.05, 0) is 30.3 Å². The lowest BCUT2D eigenvalue weighted by atomic mass is 10.1. The predicted octanol–water partition coefficient (Wildman–Crippen LogP) is 8.37. The lowest BCUT2D eigenvalue weighted by Crippen LogP contribution is -1.91. The van der Waals surface area contributed by atoms with E-state index < -0.39 is 0 Å². The van der Waals surface area contributed by atoms with Gasteiger partial charge in [0.05, 0.1) is 5.52 Å². The molecule has 136 valence electrons. The first-order valence-corrected chi connectivity index (χ1v) is 11.3. The van der Waals surface area contributed by atoms with Gasteiger partial charge in [0.1, 0.15) is 4.83 Å². The predicted molar refractivity (Wildman–Crippen MR) is 129 cm³/mol. The van der Waals surface area contributed by atoms with Crippen molar-refractivity contribution in [3.63, 3.8) is 0 Å². The molecule has 0 atom stereocenters. The quantitative estimate of drug-likeness (QED) is 0.258. The molecule has 0 saturated heterocycles. The Balaban J connectivity index is 1.63. The van der Waals surface area contributed by atoms with Crippen molar-refractivity contribution < 1.29 is 0 Å². The van der Waals surface area contributed by atoms with E-state index >= 15 is 0 Å². The van der Waals surface area contributed by atoms with Gasteiger partial charge in [-0.2, -0.15) is 0 Å². The average molecular weight is 406 g/mol. The summed E-state index contributed by atoms with van der Waals surface area (Å²) in [5.41, 5.74) is 2.52. The maximum atomic E-state index is 2.44. The Labute approximate surface area is 175 Å². The van der Waals surface area contributed by atoms with Gasteiger partial charge < -0.3 is 4.57 Å². The van der Waals surface area contributed by atoms with Crippen molar-refractivity contribution in [1.29, 1.82) is 0 Å². The first-order valence-electron chi connectivity index (χ1n) is 9.71. The monoisotopic (exact) mass is 405 g/mol. The van der Waals surface area contributed by atoms with E-state index in [1.807, 2.05) is 22.7 Å². The second-order valence-corrected chi connectivity index (χ2v) is 9.52. The third kappa shape index (κ3) is 2.09. The third-order valence-electron chi connectivity index (χ3n) is 5.81. The van der Waals surface area contributed by atoms with E-state index in [-0.39, 0.29) is 0 Å². The van der Waals surface area contributed by atoms with Gasteiger partial charge in [-0.1, -0.05) is 60.7 Å². The molecular formula is C26H15NS2. The molecule has 3 heteroatoms. The molecule has 0 fully saturated rings. The summed E-state index contributed by atoms with van der Waals surface area (Å²) in [6, 6.07) is 33.2. The van der Waals surface area contributed by atoms with E-state index in [0.717, 1.165) is 0 Å². The van der Waals surface area contributed by atoms with E-state index in [2.05, 4.69) is 95.6 Å². The van der Waals surface area contributed by atoms with Crippen LogP contribution in [0.15, 0.2) is 91.0 Å². The van der Waals surface area contributed by atoms with Gasteiger partial charge in [-0.3, -0.25) is 0 Å². The Hall–Kier alpha value is -3.14. The molecular weight excluding hydrogens is 390 g/mol. The fraction of sp³-hybridized carbons (Fsp3) is 0. The molecule has 0 spiro atoms. The fourth-order valence-electron chi connectivity index (χ4n) is 4.55. The maximum Gasteiger partial charge on any atom is 0.109 e. The highest BCUT2D eigenvalue weighted by molar-refractivity contribution is 7.26. The first-order chi connectivity index (χ1) is 14.4. The number of hydrogen-bond donors (Lipinski definition) is 0. The van der Waals surface area contributed by atoms with Crippen LogP contribution in [0.2, 0.25) is 0 Å². The Bertz CT molecular complexity index is 1710. The van der Waals surface area contributed by atoms with Crippen LogP contribution in [0.3, 0.4) is 0 Å². The van der Waals surface area contributed by atoms with Crippen molar-refractivity contribution in [2.75, 3.05) is 0 Å². The summed E-state index contributed by atoms with van der Waals surface area (Å²) in [7, 11) is 0. The molecule has 7 rings (SSSR count). The Morgan fingerprint density at radius 2 is 1.17 bits per heavy atom. The van der Waals surface area contributed by atoms with Crippen LogP contribution in [0, 0.1) is 0 Å². The molecule has 0 saturated carbocycles. The standard InChI is InChI=1S/C26H15NS2/c1-4-10-21-19(8-1)25-20-9-3-6-12-23(20)29-26(25)27(21)16-13-14-18-17-7-2-5-11-22(17)28-24(18)15-16/h1-15H. The molecule has 0 N–H and O–H groups in total. The number of nitrogens with zero attached hydrogens (tertiary/aromatic N) is 1. The minimum atomic E-state index is 1.24. The first kappa shape index (κ1) is 15.7. The zero-order chi connectivity index (χ0) is 18.9. The second-order valence-electron chi connectivity index (χ2n) is 7.41. The van der Waals surface area contributed by atoms with Crippen LogP contribution in [0.4, 0.5) is 0 Å². The van der Waals surface area contributed by atoms with Crippen molar-refractivity contribution in [2.45, 2.75) is 0 Å². The van der Waals surface area contributed by atoms with Crippen LogP contribution in [-0.2, 0) is 0 Å². The SMILES string of the molecule is c1ccc2c(c1)sc1cc(-n3c4ccccc4c4c5ccccc5sc43)ccc12. The van der Waals surface area contributed by atoms with E-state index in [1.165, 1.54) is 57.1 Å². The summed E-state index contributed by atoms with van der Waals surface area (Å²) < 4.78 is 6.49. The molecule has 0 aliphatic heterocycles. The van der Waals surface area contributed by atoms with Crippen LogP contribution in [0.5, 0.6) is 0 Å². The highest BCUT2D eigenvalue weighted by Gasteiger charge is 2.17. The Kier molecular flexibility index (Phi) is 3.09. The smallest absolute Gasteiger partial charge is 0.109 e. The van der Waals surface area contributed by atoms with Gasteiger partial charge in [0, 0.05) is 46.7 Å². The van der Waals surface area contributed by atoms with Gasteiger partial charge in [0.25, 0.3) is 0 Å². The van der Waals surface area contributed by atoms with E-state index in [4.69, 9.17) is 0 Å². The lowest BCUT2D eigenvalue weighted by molar-refractivity contribution is 1.20. The molecule has 0 aliphatic rings. The number of hydrogen-bond acceptors (Lipinski definition) is 2. The normalized spacial score (nSPS) is 12.1. The van der Waals surface area contributed by atoms with E-state index in [9.17, 15) is 0 Å². The van der Waals surface area contributed by atoms with Crippen LogP contribution in [-0.4, -0.2) is 4.57 Å². The highest BCUT2D eigenvalue weighted by atomic mass is 32.1. The minimum Gasteiger partial charge on any atom is -0.301 e. The molecule has 7 aromatic rings. The van der Waals surface area contributed by atoms with Crippen molar-refractivity contribution in [3.8, 4) is 5.69 Å². The zero-order valence-electron chi connectivity index (χ0n) is 15.4. The average Bonchev–Trinajstić information content (AvgIpc) is 3.41. The number of thiophene rings is 2. The highest BCUT2D eigenvalue weighted by Crippen LogP contribution is 2.43. The van der Waals surface area contributed by atoms with Crippen molar-refractivity contribution in [3.05, 3.63) is 91.0 Å².